The van der Waals surface area contributed by atoms with Gasteiger partial charge in [0, 0.05) is 19.1 Å². The van der Waals surface area contributed by atoms with Gasteiger partial charge in [0.05, 0.1) is 5.56 Å². The standard InChI is InChI=1S/C16H21F3N2O2/c1-11(20)12-6-8-21(9-7-12)15(22)10-23-14-4-2-13(3-5-14)16(17,18)19/h2-5,11-12H,6-10,20H2,1H3. The number of carbonyl (C=O) groups is 1. The van der Waals surface area contributed by atoms with E-state index in [0.29, 0.717) is 19.0 Å². The molecular formula is C16H21F3N2O2. The highest BCUT2D eigenvalue weighted by Crippen LogP contribution is 2.30. The van der Waals surface area contributed by atoms with Gasteiger partial charge in [-0.05, 0) is 49.9 Å². The highest BCUT2D eigenvalue weighted by Gasteiger charge is 2.30. The molecule has 1 unspecified atom stereocenters. The van der Waals surface area contributed by atoms with E-state index in [2.05, 4.69) is 0 Å². The molecule has 23 heavy (non-hydrogen) atoms. The number of hydrogen-bond donors (Lipinski definition) is 1. The van der Waals surface area contributed by atoms with Gasteiger partial charge in [-0.2, -0.15) is 13.2 Å². The Morgan fingerprint density at radius 3 is 2.35 bits per heavy atom. The van der Waals surface area contributed by atoms with Crippen LogP contribution in [0.2, 0.25) is 0 Å². The van der Waals surface area contributed by atoms with Gasteiger partial charge in [0.1, 0.15) is 5.75 Å². The third-order valence-electron chi connectivity index (χ3n) is 4.18. The van der Waals surface area contributed by atoms with Gasteiger partial charge in [-0.3, -0.25) is 4.79 Å². The van der Waals surface area contributed by atoms with Gasteiger partial charge < -0.3 is 15.4 Å². The average molecular weight is 330 g/mol. The monoisotopic (exact) mass is 330 g/mol. The molecular weight excluding hydrogens is 309 g/mol. The van der Waals surface area contributed by atoms with Crippen molar-refractivity contribution in [2.24, 2.45) is 11.7 Å². The van der Waals surface area contributed by atoms with Gasteiger partial charge in [-0.15, -0.1) is 0 Å². The van der Waals surface area contributed by atoms with Crippen molar-refractivity contribution in [2.75, 3.05) is 19.7 Å². The summed E-state index contributed by atoms with van der Waals surface area (Å²) in [5.74, 6) is 0.514. The minimum absolute atomic E-state index is 0.121. The first kappa shape index (κ1) is 17.6. The molecule has 1 amide bonds. The maximum atomic E-state index is 12.5. The number of ether oxygens (including phenoxy) is 1. The minimum Gasteiger partial charge on any atom is -0.484 e. The smallest absolute Gasteiger partial charge is 0.416 e. The van der Waals surface area contributed by atoms with Crippen molar-refractivity contribution in [3.8, 4) is 5.75 Å². The van der Waals surface area contributed by atoms with Crippen LogP contribution in [0.3, 0.4) is 0 Å². The maximum absolute atomic E-state index is 12.5. The van der Waals surface area contributed by atoms with Gasteiger partial charge in [-0.25, -0.2) is 0 Å². The van der Waals surface area contributed by atoms with E-state index >= 15 is 0 Å². The number of nitrogens with zero attached hydrogens (tertiary/aromatic N) is 1. The van der Waals surface area contributed by atoms with Crippen molar-refractivity contribution in [1.29, 1.82) is 0 Å². The zero-order valence-corrected chi connectivity index (χ0v) is 13.0. The molecule has 1 fully saturated rings. The van der Waals surface area contributed by atoms with Gasteiger partial charge in [0.15, 0.2) is 6.61 Å². The lowest BCUT2D eigenvalue weighted by atomic mass is 9.91. The average Bonchev–Trinajstić information content (AvgIpc) is 2.52. The van der Waals surface area contributed by atoms with Crippen molar-refractivity contribution < 1.29 is 22.7 Å². The summed E-state index contributed by atoms with van der Waals surface area (Å²) in [6.45, 7) is 3.08. The van der Waals surface area contributed by atoms with Crippen LogP contribution in [0.25, 0.3) is 0 Å². The molecule has 4 nitrogen and oxygen atoms in total. The van der Waals surface area contributed by atoms with E-state index in [9.17, 15) is 18.0 Å². The molecule has 0 saturated carbocycles. The number of likely N-dealkylation sites (tertiary alicyclic amines) is 1. The second-order valence-corrected chi connectivity index (χ2v) is 5.89. The minimum atomic E-state index is -4.38. The molecule has 0 radical (unpaired) electrons. The lowest BCUT2D eigenvalue weighted by Gasteiger charge is -2.33. The molecule has 7 heteroatoms. The Labute approximate surface area is 133 Å². The molecule has 1 saturated heterocycles. The maximum Gasteiger partial charge on any atom is 0.416 e. The predicted octanol–water partition coefficient (Wildman–Crippen LogP) is 2.67. The molecule has 2 rings (SSSR count). The predicted molar refractivity (Wildman–Crippen MR) is 79.9 cm³/mol. The lowest BCUT2D eigenvalue weighted by molar-refractivity contribution is -0.138. The second kappa shape index (κ2) is 7.21. The fraction of sp³-hybridized carbons (Fsp3) is 0.562. The number of halogens is 3. The van der Waals surface area contributed by atoms with Crippen LogP contribution in [0.1, 0.15) is 25.3 Å². The SMILES string of the molecule is CC(N)C1CCN(C(=O)COc2ccc(C(F)(F)F)cc2)CC1. The number of hydrogen-bond acceptors (Lipinski definition) is 3. The van der Waals surface area contributed by atoms with E-state index in [-0.39, 0.29) is 24.3 Å². The Bertz CT molecular complexity index is 521. The summed E-state index contributed by atoms with van der Waals surface area (Å²) >= 11 is 0. The number of amides is 1. The Kier molecular flexibility index (Phi) is 5.51. The number of carbonyl (C=O) groups excluding carboxylic acids is 1. The molecule has 0 spiro atoms. The quantitative estimate of drug-likeness (QED) is 0.923. The topological polar surface area (TPSA) is 55.6 Å². The zero-order chi connectivity index (χ0) is 17.0. The molecule has 1 aliphatic heterocycles. The summed E-state index contributed by atoms with van der Waals surface area (Å²) in [7, 11) is 0. The molecule has 2 N–H and O–H groups in total. The molecule has 1 aromatic rings. The Balaban J connectivity index is 1.81. The summed E-state index contributed by atoms with van der Waals surface area (Å²) in [6, 6.07) is 4.44. The van der Waals surface area contributed by atoms with Gasteiger partial charge in [-0.1, -0.05) is 0 Å². The molecule has 0 aliphatic carbocycles. The van der Waals surface area contributed by atoms with Crippen LogP contribution in [0, 0.1) is 5.92 Å². The summed E-state index contributed by atoms with van der Waals surface area (Å²) in [5.41, 5.74) is 5.12. The van der Waals surface area contributed by atoms with Gasteiger partial charge >= 0.3 is 6.18 Å². The summed E-state index contributed by atoms with van der Waals surface area (Å²) < 4.78 is 42.6. The third-order valence-corrected chi connectivity index (χ3v) is 4.18. The van der Waals surface area contributed by atoms with Crippen molar-refractivity contribution in [3.63, 3.8) is 0 Å². The van der Waals surface area contributed by atoms with Crippen LogP contribution in [0.5, 0.6) is 5.75 Å². The molecule has 1 aromatic carbocycles. The number of rotatable bonds is 4. The highest BCUT2D eigenvalue weighted by molar-refractivity contribution is 5.77. The Morgan fingerprint density at radius 2 is 1.87 bits per heavy atom. The Morgan fingerprint density at radius 1 is 1.30 bits per heavy atom. The summed E-state index contributed by atoms with van der Waals surface area (Å²) in [6.07, 6.45) is -2.65. The first-order chi connectivity index (χ1) is 10.8. The first-order valence-electron chi connectivity index (χ1n) is 7.61. The molecule has 128 valence electrons. The largest absolute Gasteiger partial charge is 0.484 e. The normalized spacial score (nSPS) is 17.9. The van der Waals surface area contributed by atoms with E-state index in [1.54, 1.807) is 4.90 Å². The van der Waals surface area contributed by atoms with Crippen LogP contribution in [-0.4, -0.2) is 36.5 Å². The molecule has 1 aliphatic rings. The van der Waals surface area contributed by atoms with Crippen LogP contribution in [-0.2, 0) is 11.0 Å². The number of alkyl halides is 3. The molecule has 0 aromatic heterocycles. The van der Waals surface area contributed by atoms with E-state index in [1.807, 2.05) is 6.92 Å². The number of nitrogens with two attached hydrogens (primary N) is 1. The third kappa shape index (κ3) is 4.86. The van der Waals surface area contributed by atoms with E-state index in [4.69, 9.17) is 10.5 Å². The number of piperidine rings is 1. The van der Waals surface area contributed by atoms with Crippen LogP contribution in [0.4, 0.5) is 13.2 Å². The first-order valence-corrected chi connectivity index (χ1v) is 7.61. The van der Waals surface area contributed by atoms with Crippen molar-refractivity contribution >= 4 is 5.91 Å². The van der Waals surface area contributed by atoms with Crippen molar-refractivity contribution in [3.05, 3.63) is 29.8 Å². The second-order valence-electron chi connectivity index (χ2n) is 5.89. The van der Waals surface area contributed by atoms with Crippen LogP contribution < -0.4 is 10.5 Å². The van der Waals surface area contributed by atoms with Crippen molar-refractivity contribution in [1.82, 2.24) is 4.90 Å². The van der Waals surface area contributed by atoms with Crippen LogP contribution >= 0.6 is 0 Å². The van der Waals surface area contributed by atoms with Crippen molar-refractivity contribution in [2.45, 2.75) is 32.0 Å². The van der Waals surface area contributed by atoms with E-state index < -0.39 is 11.7 Å². The number of benzene rings is 1. The molecule has 0 bridgehead atoms. The fourth-order valence-electron chi connectivity index (χ4n) is 2.65. The van der Waals surface area contributed by atoms with Gasteiger partial charge in [0.2, 0.25) is 0 Å². The molecule has 1 heterocycles. The lowest BCUT2D eigenvalue weighted by Crippen LogP contribution is -2.44. The molecule has 1 atom stereocenters. The highest BCUT2D eigenvalue weighted by atomic mass is 19.4. The zero-order valence-electron chi connectivity index (χ0n) is 13.0. The van der Waals surface area contributed by atoms with Gasteiger partial charge in [0.25, 0.3) is 5.91 Å². The fourth-order valence-corrected chi connectivity index (χ4v) is 2.65. The summed E-state index contributed by atoms with van der Waals surface area (Å²) in [5, 5.41) is 0. The van der Waals surface area contributed by atoms with E-state index in [1.165, 1.54) is 12.1 Å². The Hall–Kier alpha value is -1.76. The summed E-state index contributed by atoms with van der Waals surface area (Å²) in [4.78, 5) is 13.8. The van der Waals surface area contributed by atoms with E-state index in [0.717, 1.165) is 25.0 Å². The van der Waals surface area contributed by atoms with Crippen LogP contribution in [0.15, 0.2) is 24.3 Å².